The molecule has 0 fully saturated rings. The van der Waals surface area contributed by atoms with Gasteiger partial charge in [0, 0.05) is 11.1 Å². The topological polar surface area (TPSA) is 38.7 Å². The fraction of sp³-hybridized carbons (Fsp3) is 0. The molecule has 0 unspecified atom stereocenters. The van der Waals surface area contributed by atoms with E-state index in [9.17, 15) is 0 Å². The number of rotatable bonds is 3. The SMILES string of the molecule is Clc1nc(-c2ccccc2)nc(-c2ccc3cccc(-c4ccc5ccccc5c4)c3c2)n1. The van der Waals surface area contributed by atoms with E-state index < -0.39 is 0 Å². The predicted molar refractivity (Wildman–Crippen MR) is 136 cm³/mol. The number of hydrogen-bond acceptors (Lipinski definition) is 3. The van der Waals surface area contributed by atoms with Crippen LogP contribution in [0.2, 0.25) is 5.28 Å². The van der Waals surface area contributed by atoms with Crippen LogP contribution in [0, 0.1) is 0 Å². The van der Waals surface area contributed by atoms with Crippen molar-refractivity contribution in [3.8, 4) is 33.9 Å². The highest BCUT2D eigenvalue weighted by Gasteiger charge is 2.12. The molecule has 33 heavy (non-hydrogen) atoms. The Bertz CT molecular complexity index is 1630. The average Bonchev–Trinajstić information content (AvgIpc) is 2.88. The first-order valence-corrected chi connectivity index (χ1v) is 11.1. The van der Waals surface area contributed by atoms with Gasteiger partial charge >= 0.3 is 0 Å². The molecule has 0 bridgehead atoms. The minimum atomic E-state index is 0.182. The van der Waals surface area contributed by atoms with Crippen LogP contribution >= 0.6 is 11.6 Å². The van der Waals surface area contributed by atoms with Gasteiger partial charge in [0.15, 0.2) is 11.6 Å². The van der Waals surface area contributed by atoms with Gasteiger partial charge in [-0.2, -0.15) is 9.97 Å². The number of halogens is 1. The second kappa shape index (κ2) is 8.12. The molecule has 3 nitrogen and oxygen atoms in total. The summed E-state index contributed by atoms with van der Waals surface area (Å²) in [6.45, 7) is 0. The Morgan fingerprint density at radius 3 is 1.97 bits per heavy atom. The lowest BCUT2D eigenvalue weighted by Gasteiger charge is -2.11. The third-order valence-corrected chi connectivity index (χ3v) is 6.01. The van der Waals surface area contributed by atoms with Crippen molar-refractivity contribution in [1.82, 2.24) is 15.0 Å². The van der Waals surface area contributed by atoms with Crippen LogP contribution in [0.15, 0.2) is 109 Å². The van der Waals surface area contributed by atoms with Gasteiger partial charge in [0.25, 0.3) is 0 Å². The van der Waals surface area contributed by atoms with E-state index in [-0.39, 0.29) is 5.28 Å². The summed E-state index contributed by atoms with van der Waals surface area (Å²) in [6, 6.07) is 37.5. The number of hydrogen-bond donors (Lipinski definition) is 0. The summed E-state index contributed by atoms with van der Waals surface area (Å²) in [7, 11) is 0. The zero-order valence-electron chi connectivity index (χ0n) is 17.6. The third kappa shape index (κ3) is 3.73. The molecule has 0 N–H and O–H groups in total. The summed E-state index contributed by atoms with van der Waals surface area (Å²) in [6.07, 6.45) is 0. The van der Waals surface area contributed by atoms with Crippen LogP contribution in [-0.4, -0.2) is 15.0 Å². The van der Waals surface area contributed by atoms with E-state index in [1.54, 1.807) is 0 Å². The predicted octanol–water partition coefficient (Wildman–Crippen LogP) is 7.83. The smallest absolute Gasteiger partial charge is 0.208 e. The number of benzene rings is 5. The average molecular weight is 444 g/mol. The third-order valence-electron chi connectivity index (χ3n) is 5.84. The van der Waals surface area contributed by atoms with Crippen molar-refractivity contribution in [2.75, 3.05) is 0 Å². The Hall–Kier alpha value is -4.08. The van der Waals surface area contributed by atoms with Gasteiger partial charge in [-0.25, -0.2) is 4.98 Å². The van der Waals surface area contributed by atoms with E-state index >= 15 is 0 Å². The van der Waals surface area contributed by atoms with E-state index in [1.807, 2.05) is 36.4 Å². The summed E-state index contributed by atoms with van der Waals surface area (Å²) in [5.41, 5.74) is 4.15. The van der Waals surface area contributed by atoms with E-state index in [4.69, 9.17) is 16.6 Å². The minimum absolute atomic E-state index is 0.182. The molecule has 1 heterocycles. The molecule has 156 valence electrons. The molecule has 1 aromatic heterocycles. The maximum atomic E-state index is 6.29. The summed E-state index contributed by atoms with van der Waals surface area (Å²) in [5, 5.41) is 4.94. The summed E-state index contributed by atoms with van der Waals surface area (Å²) >= 11 is 6.29. The lowest BCUT2D eigenvalue weighted by Crippen LogP contribution is -1.97. The van der Waals surface area contributed by atoms with Crippen LogP contribution in [-0.2, 0) is 0 Å². The van der Waals surface area contributed by atoms with Crippen molar-refractivity contribution in [3.05, 3.63) is 114 Å². The van der Waals surface area contributed by atoms with Crippen LogP contribution in [0.25, 0.3) is 55.4 Å². The summed E-state index contributed by atoms with van der Waals surface area (Å²) < 4.78 is 0. The van der Waals surface area contributed by atoms with Gasteiger partial charge < -0.3 is 0 Å². The highest BCUT2D eigenvalue weighted by atomic mass is 35.5. The van der Waals surface area contributed by atoms with Gasteiger partial charge in [0.2, 0.25) is 5.28 Å². The van der Waals surface area contributed by atoms with Gasteiger partial charge in [-0.15, -0.1) is 0 Å². The second-order valence-electron chi connectivity index (χ2n) is 7.92. The molecule has 0 atom stereocenters. The molecule has 6 rings (SSSR count). The Balaban J connectivity index is 1.51. The molecule has 0 aliphatic carbocycles. The maximum Gasteiger partial charge on any atom is 0.226 e. The zero-order valence-corrected chi connectivity index (χ0v) is 18.4. The molecule has 6 aromatic rings. The Kier molecular flexibility index (Phi) is 4.82. The van der Waals surface area contributed by atoms with Crippen molar-refractivity contribution in [2.45, 2.75) is 0 Å². The van der Waals surface area contributed by atoms with E-state index in [0.717, 1.165) is 21.9 Å². The molecule has 4 heteroatoms. The van der Waals surface area contributed by atoms with Crippen molar-refractivity contribution in [3.63, 3.8) is 0 Å². The zero-order chi connectivity index (χ0) is 22.2. The Morgan fingerprint density at radius 2 is 1.12 bits per heavy atom. The molecule has 0 aliphatic rings. The van der Waals surface area contributed by atoms with Gasteiger partial charge in [-0.3, -0.25) is 0 Å². The minimum Gasteiger partial charge on any atom is -0.208 e. The number of fused-ring (bicyclic) bond motifs is 2. The lowest BCUT2D eigenvalue weighted by atomic mass is 9.95. The van der Waals surface area contributed by atoms with Gasteiger partial charge in [-0.1, -0.05) is 97.1 Å². The summed E-state index contributed by atoms with van der Waals surface area (Å²) in [4.78, 5) is 13.5. The van der Waals surface area contributed by atoms with Gasteiger partial charge in [-0.05, 0) is 56.4 Å². The molecule has 0 spiro atoms. The maximum absolute atomic E-state index is 6.29. The van der Waals surface area contributed by atoms with Gasteiger partial charge in [0.05, 0.1) is 0 Å². The van der Waals surface area contributed by atoms with Crippen molar-refractivity contribution in [2.24, 2.45) is 0 Å². The van der Waals surface area contributed by atoms with E-state index in [2.05, 4.69) is 82.8 Å². The van der Waals surface area contributed by atoms with E-state index in [1.165, 1.54) is 21.9 Å². The number of aromatic nitrogens is 3. The van der Waals surface area contributed by atoms with Crippen molar-refractivity contribution >= 4 is 33.1 Å². The molecular weight excluding hydrogens is 426 g/mol. The first-order valence-electron chi connectivity index (χ1n) is 10.7. The standard InChI is InChI=1S/C29H18ClN3/c30-29-32-27(21-8-2-1-3-9-21)31-28(33-29)24-16-14-20-11-6-12-25(26(20)18-24)23-15-13-19-7-4-5-10-22(19)17-23/h1-18H. The number of nitrogens with zero attached hydrogens (tertiary/aromatic N) is 3. The summed E-state index contributed by atoms with van der Waals surface area (Å²) in [5.74, 6) is 1.12. The van der Waals surface area contributed by atoms with Crippen molar-refractivity contribution in [1.29, 1.82) is 0 Å². The monoisotopic (exact) mass is 443 g/mol. The normalized spacial score (nSPS) is 11.2. The first kappa shape index (κ1) is 19.6. The van der Waals surface area contributed by atoms with Crippen molar-refractivity contribution < 1.29 is 0 Å². The Labute approximate surface area is 196 Å². The van der Waals surface area contributed by atoms with Crippen LogP contribution in [0.1, 0.15) is 0 Å². The molecule has 0 saturated carbocycles. The van der Waals surface area contributed by atoms with Crippen LogP contribution < -0.4 is 0 Å². The van der Waals surface area contributed by atoms with Crippen LogP contribution in [0.4, 0.5) is 0 Å². The highest BCUT2D eigenvalue weighted by Crippen LogP contribution is 2.33. The highest BCUT2D eigenvalue weighted by molar-refractivity contribution is 6.28. The fourth-order valence-electron chi connectivity index (χ4n) is 4.22. The second-order valence-corrected chi connectivity index (χ2v) is 8.26. The quantitative estimate of drug-likeness (QED) is 0.279. The lowest BCUT2D eigenvalue weighted by molar-refractivity contribution is 1.07. The Morgan fingerprint density at radius 1 is 0.455 bits per heavy atom. The van der Waals surface area contributed by atoms with Crippen LogP contribution in [0.3, 0.4) is 0 Å². The van der Waals surface area contributed by atoms with Gasteiger partial charge in [0.1, 0.15) is 0 Å². The molecule has 0 saturated heterocycles. The molecule has 0 radical (unpaired) electrons. The molecule has 0 amide bonds. The first-order chi connectivity index (χ1) is 16.2. The molecule has 0 aliphatic heterocycles. The van der Waals surface area contributed by atoms with Crippen LogP contribution in [0.5, 0.6) is 0 Å². The molecule has 5 aromatic carbocycles. The largest absolute Gasteiger partial charge is 0.226 e. The fourth-order valence-corrected chi connectivity index (χ4v) is 4.38. The molecular formula is C29H18ClN3. The van der Waals surface area contributed by atoms with E-state index in [0.29, 0.717) is 11.6 Å².